The van der Waals surface area contributed by atoms with Gasteiger partial charge in [-0.25, -0.2) is 19.7 Å². The molecule has 0 saturated carbocycles. The summed E-state index contributed by atoms with van der Waals surface area (Å²) < 4.78 is 17.0. The van der Waals surface area contributed by atoms with Crippen molar-refractivity contribution in [3.8, 4) is 0 Å². The molecule has 0 aromatic carbocycles. The van der Waals surface area contributed by atoms with E-state index in [1.807, 2.05) is 0 Å². The van der Waals surface area contributed by atoms with Crippen LogP contribution in [-0.2, 0) is 23.8 Å². The molecule has 1 aliphatic rings. The van der Waals surface area contributed by atoms with Crippen molar-refractivity contribution in [3.05, 3.63) is 24.3 Å². The molecule has 3 heterocycles. The number of fused-ring (bicyclic) bond motifs is 1. The number of rotatable bonds is 7. The maximum absolute atomic E-state index is 12.2. The number of nitrogens with two attached hydrogens (primary N) is 1. The fraction of sp³-hybridized carbons (Fsp3) is 0.500. The Morgan fingerprint density at radius 3 is 2.63 bits per heavy atom. The van der Waals surface area contributed by atoms with Crippen LogP contribution >= 0.6 is 0 Å². The topological polar surface area (TPSA) is 172 Å². The fourth-order valence-electron chi connectivity index (χ4n) is 3.10. The molecule has 0 amide bonds. The number of nitrogen functional groups attached to an aromatic ring is 1. The summed E-state index contributed by atoms with van der Waals surface area (Å²) in [4.78, 5) is 36.1. The first-order valence-electron chi connectivity index (χ1n) is 9.35. The summed E-state index contributed by atoms with van der Waals surface area (Å²) in [7, 11) is 0. The molecular formula is C18H23N5O7. The quantitative estimate of drug-likeness (QED) is 0.387. The Hall–Kier alpha value is -3.09. The molecule has 2 aromatic rings. The lowest BCUT2D eigenvalue weighted by molar-refractivity contribution is -0.145. The number of esters is 2. The number of aliphatic hydroxyl groups excluding tert-OH is 2. The van der Waals surface area contributed by atoms with E-state index in [0.717, 1.165) is 0 Å². The zero-order chi connectivity index (χ0) is 21.8. The summed E-state index contributed by atoms with van der Waals surface area (Å²) in [6, 6.07) is 0. The lowest BCUT2D eigenvalue weighted by atomic mass is 10.1. The van der Waals surface area contributed by atoms with E-state index in [4.69, 9.17) is 19.9 Å². The van der Waals surface area contributed by atoms with Crippen LogP contribution in [0.1, 0.15) is 26.5 Å². The Bertz CT molecular complexity index is 960. The first kappa shape index (κ1) is 21.6. The van der Waals surface area contributed by atoms with E-state index in [1.54, 1.807) is 13.8 Å². The van der Waals surface area contributed by atoms with E-state index in [1.165, 1.54) is 23.3 Å². The highest BCUT2D eigenvalue weighted by molar-refractivity contribution is 5.94. The van der Waals surface area contributed by atoms with Gasteiger partial charge in [0.25, 0.3) is 0 Å². The van der Waals surface area contributed by atoms with Crippen molar-refractivity contribution in [2.75, 3.05) is 18.9 Å². The van der Waals surface area contributed by atoms with Crippen LogP contribution in [0.25, 0.3) is 11.2 Å². The van der Waals surface area contributed by atoms with E-state index in [2.05, 4.69) is 15.0 Å². The van der Waals surface area contributed by atoms with E-state index >= 15 is 0 Å². The van der Waals surface area contributed by atoms with Gasteiger partial charge in [-0.05, 0) is 19.9 Å². The van der Waals surface area contributed by atoms with Crippen molar-refractivity contribution in [3.63, 3.8) is 0 Å². The van der Waals surface area contributed by atoms with Crippen LogP contribution in [0.4, 0.5) is 5.82 Å². The van der Waals surface area contributed by atoms with Gasteiger partial charge in [-0.15, -0.1) is 0 Å². The third kappa shape index (κ3) is 4.25. The summed E-state index contributed by atoms with van der Waals surface area (Å²) >= 11 is 0. The largest absolute Gasteiger partial charge is 0.466 e. The van der Waals surface area contributed by atoms with Crippen LogP contribution in [0.3, 0.4) is 0 Å². The molecule has 4 atom stereocenters. The van der Waals surface area contributed by atoms with Gasteiger partial charge in [0, 0.05) is 5.57 Å². The number of hydrogen-bond donors (Lipinski definition) is 3. The Labute approximate surface area is 171 Å². The molecule has 4 N–H and O–H groups in total. The Balaban J connectivity index is 1.88. The van der Waals surface area contributed by atoms with Crippen molar-refractivity contribution in [2.24, 2.45) is 0 Å². The SMILES string of the molecule is CCOC(=O)C/C(=C\[C@H]1O[C@@H](n2cnc3c(N)ncnc32)[C@H](O)[C@@H]1O)C(=O)OCC. The van der Waals surface area contributed by atoms with Crippen molar-refractivity contribution >= 4 is 28.9 Å². The molecular weight excluding hydrogens is 398 g/mol. The molecule has 3 rings (SSSR count). The van der Waals surface area contributed by atoms with E-state index in [9.17, 15) is 19.8 Å². The molecule has 30 heavy (non-hydrogen) atoms. The highest BCUT2D eigenvalue weighted by Crippen LogP contribution is 2.33. The average molecular weight is 421 g/mol. The number of ether oxygens (including phenoxy) is 3. The third-order valence-corrected chi connectivity index (χ3v) is 4.48. The van der Waals surface area contributed by atoms with Crippen LogP contribution in [0.2, 0.25) is 0 Å². The van der Waals surface area contributed by atoms with Gasteiger partial charge in [0.15, 0.2) is 17.7 Å². The molecule has 1 fully saturated rings. The number of aliphatic hydroxyl groups is 2. The molecule has 0 aliphatic carbocycles. The third-order valence-electron chi connectivity index (χ3n) is 4.48. The number of aromatic nitrogens is 4. The lowest BCUT2D eigenvalue weighted by Crippen LogP contribution is -2.31. The normalized spacial score (nSPS) is 24.2. The Morgan fingerprint density at radius 2 is 1.93 bits per heavy atom. The van der Waals surface area contributed by atoms with Crippen molar-refractivity contribution in [1.29, 1.82) is 0 Å². The lowest BCUT2D eigenvalue weighted by Gasteiger charge is -2.16. The minimum absolute atomic E-state index is 0.0470. The first-order valence-corrected chi connectivity index (χ1v) is 9.35. The maximum Gasteiger partial charge on any atom is 0.334 e. The summed E-state index contributed by atoms with van der Waals surface area (Å²) in [5.74, 6) is -1.22. The predicted molar refractivity (Wildman–Crippen MR) is 102 cm³/mol. The summed E-state index contributed by atoms with van der Waals surface area (Å²) in [5.41, 5.74) is 6.35. The second kappa shape index (κ2) is 9.15. The van der Waals surface area contributed by atoms with Crippen LogP contribution in [0.5, 0.6) is 0 Å². The zero-order valence-corrected chi connectivity index (χ0v) is 16.5. The minimum Gasteiger partial charge on any atom is -0.466 e. The molecule has 162 valence electrons. The van der Waals surface area contributed by atoms with E-state index < -0.39 is 36.5 Å². The number of carbonyl (C=O) groups is 2. The van der Waals surface area contributed by atoms with Crippen molar-refractivity contribution in [2.45, 2.75) is 44.8 Å². The number of anilines is 1. The van der Waals surface area contributed by atoms with Crippen LogP contribution < -0.4 is 5.73 Å². The van der Waals surface area contributed by atoms with Crippen LogP contribution in [0.15, 0.2) is 24.3 Å². The zero-order valence-electron chi connectivity index (χ0n) is 16.5. The fourth-order valence-corrected chi connectivity index (χ4v) is 3.10. The van der Waals surface area contributed by atoms with Gasteiger partial charge in [-0.3, -0.25) is 9.36 Å². The van der Waals surface area contributed by atoms with Crippen molar-refractivity contribution < 1.29 is 34.0 Å². The van der Waals surface area contributed by atoms with Crippen LogP contribution in [-0.4, -0.2) is 73.2 Å². The molecule has 12 heteroatoms. The van der Waals surface area contributed by atoms with Crippen LogP contribution in [0, 0.1) is 0 Å². The Kier molecular flexibility index (Phi) is 6.59. The van der Waals surface area contributed by atoms with Gasteiger partial charge in [0.2, 0.25) is 0 Å². The molecule has 0 unspecified atom stereocenters. The van der Waals surface area contributed by atoms with Crippen molar-refractivity contribution in [1.82, 2.24) is 19.5 Å². The summed E-state index contributed by atoms with van der Waals surface area (Å²) in [6.45, 7) is 3.51. The van der Waals surface area contributed by atoms with E-state index in [-0.39, 0.29) is 31.0 Å². The molecule has 0 radical (unpaired) electrons. The predicted octanol–water partition coefficient (Wildman–Crippen LogP) is -0.530. The molecule has 12 nitrogen and oxygen atoms in total. The van der Waals surface area contributed by atoms with Gasteiger partial charge < -0.3 is 30.2 Å². The monoisotopic (exact) mass is 421 g/mol. The molecule has 1 saturated heterocycles. The average Bonchev–Trinajstić information content (AvgIpc) is 3.25. The summed E-state index contributed by atoms with van der Waals surface area (Å²) in [6.07, 6.45) is -1.44. The number of carbonyl (C=O) groups excluding carboxylic acids is 2. The van der Waals surface area contributed by atoms with Gasteiger partial charge in [0.05, 0.1) is 26.0 Å². The molecule has 2 aromatic heterocycles. The number of hydrogen-bond acceptors (Lipinski definition) is 11. The second-order valence-electron chi connectivity index (χ2n) is 6.45. The number of nitrogens with zero attached hydrogens (tertiary/aromatic N) is 4. The molecule has 0 bridgehead atoms. The van der Waals surface area contributed by atoms with Gasteiger partial charge in [-0.2, -0.15) is 0 Å². The Morgan fingerprint density at radius 1 is 1.20 bits per heavy atom. The van der Waals surface area contributed by atoms with Gasteiger partial charge in [0.1, 0.15) is 30.2 Å². The maximum atomic E-state index is 12.2. The highest BCUT2D eigenvalue weighted by Gasteiger charge is 2.44. The molecule has 0 spiro atoms. The van der Waals surface area contributed by atoms with E-state index in [0.29, 0.717) is 11.2 Å². The second-order valence-corrected chi connectivity index (χ2v) is 6.45. The summed E-state index contributed by atoms with van der Waals surface area (Å²) in [5, 5.41) is 21.0. The molecule has 1 aliphatic heterocycles. The highest BCUT2D eigenvalue weighted by atomic mass is 16.6. The van der Waals surface area contributed by atoms with Gasteiger partial charge >= 0.3 is 11.9 Å². The smallest absolute Gasteiger partial charge is 0.334 e. The minimum atomic E-state index is -1.39. The number of imidazole rings is 1. The first-order chi connectivity index (χ1) is 14.4. The standard InChI is InChI=1S/C18H23N5O7/c1-3-28-11(24)6-9(18(27)29-4-2)5-10-13(25)14(26)17(30-10)23-8-22-12-15(19)20-7-21-16(12)23/h5,7-8,10,13-14,17,25-26H,3-4,6H2,1-2H3,(H2,19,20,21)/b9-5+/t10-,13-,14-,17-/m1/s1. The van der Waals surface area contributed by atoms with Gasteiger partial charge in [-0.1, -0.05) is 0 Å².